The molecule has 3 rings (SSSR count). The number of halogens is 1. The third-order valence-corrected chi connectivity index (χ3v) is 4.06. The number of nitrogens with two attached hydrogens (primary N) is 1. The van der Waals surface area contributed by atoms with E-state index < -0.39 is 0 Å². The molecule has 1 atom stereocenters. The summed E-state index contributed by atoms with van der Waals surface area (Å²) in [6.45, 7) is 2.69. The molecule has 5 nitrogen and oxygen atoms in total. The first kappa shape index (κ1) is 14.4. The van der Waals surface area contributed by atoms with Crippen molar-refractivity contribution < 1.29 is 4.74 Å². The largest absolute Gasteiger partial charge is 0.493 e. The van der Waals surface area contributed by atoms with E-state index >= 15 is 0 Å². The maximum absolute atomic E-state index is 6.21. The normalized spacial score (nSPS) is 14.9. The molecule has 112 valence electrons. The molecule has 2 aromatic rings. The predicted octanol–water partition coefficient (Wildman–Crippen LogP) is 2.06. The van der Waals surface area contributed by atoms with Crippen LogP contribution in [0.2, 0.25) is 5.02 Å². The SMILES string of the molecule is Cc1cc(C(Cc2cc(Cl)cc3c2OCC3)NN)n(C)n1. The Hall–Kier alpha value is -1.56. The molecule has 0 saturated heterocycles. The number of hydrazine groups is 1. The van der Waals surface area contributed by atoms with Gasteiger partial charge in [-0.25, -0.2) is 0 Å². The Morgan fingerprint density at radius 3 is 2.95 bits per heavy atom. The molecule has 0 spiro atoms. The summed E-state index contributed by atoms with van der Waals surface area (Å²) >= 11 is 6.21. The van der Waals surface area contributed by atoms with Gasteiger partial charge in [-0.05, 0) is 42.7 Å². The molecule has 0 saturated carbocycles. The number of rotatable bonds is 4. The van der Waals surface area contributed by atoms with E-state index in [4.69, 9.17) is 22.2 Å². The Morgan fingerprint density at radius 2 is 2.29 bits per heavy atom. The van der Waals surface area contributed by atoms with Crippen LogP contribution in [0, 0.1) is 6.92 Å². The molecule has 0 aliphatic carbocycles. The second-order valence-corrected chi connectivity index (χ2v) is 5.85. The maximum atomic E-state index is 6.21. The number of hydrogen-bond acceptors (Lipinski definition) is 4. The van der Waals surface area contributed by atoms with E-state index in [2.05, 4.69) is 10.5 Å². The van der Waals surface area contributed by atoms with Crippen molar-refractivity contribution in [2.24, 2.45) is 12.9 Å². The lowest BCUT2D eigenvalue weighted by Gasteiger charge is -2.18. The minimum atomic E-state index is -0.0389. The Morgan fingerprint density at radius 1 is 1.48 bits per heavy atom. The number of hydrogen-bond donors (Lipinski definition) is 2. The van der Waals surface area contributed by atoms with Crippen LogP contribution in [0.1, 0.15) is 28.6 Å². The molecule has 2 heterocycles. The minimum absolute atomic E-state index is 0.0389. The van der Waals surface area contributed by atoms with E-state index in [1.54, 1.807) is 0 Å². The van der Waals surface area contributed by atoms with Crippen LogP contribution in [-0.2, 0) is 19.9 Å². The van der Waals surface area contributed by atoms with Crippen molar-refractivity contribution in [3.63, 3.8) is 0 Å². The van der Waals surface area contributed by atoms with Crippen LogP contribution in [0.5, 0.6) is 5.75 Å². The van der Waals surface area contributed by atoms with Gasteiger partial charge in [-0.1, -0.05) is 11.6 Å². The molecule has 0 fully saturated rings. The summed E-state index contributed by atoms with van der Waals surface area (Å²) in [5, 5.41) is 5.12. The van der Waals surface area contributed by atoms with Gasteiger partial charge in [-0.3, -0.25) is 16.0 Å². The first-order valence-electron chi connectivity index (χ1n) is 6.99. The van der Waals surface area contributed by atoms with Gasteiger partial charge in [0, 0.05) is 18.5 Å². The third kappa shape index (κ3) is 2.77. The molecule has 0 radical (unpaired) electrons. The van der Waals surface area contributed by atoms with Gasteiger partial charge < -0.3 is 4.74 Å². The van der Waals surface area contributed by atoms with Gasteiger partial charge in [0.25, 0.3) is 0 Å². The molecule has 3 N–H and O–H groups in total. The first-order valence-corrected chi connectivity index (χ1v) is 7.37. The van der Waals surface area contributed by atoms with Gasteiger partial charge in [0.1, 0.15) is 5.75 Å². The second kappa shape index (κ2) is 5.67. The van der Waals surface area contributed by atoms with E-state index in [1.807, 2.05) is 36.9 Å². The zero-order valence-corrected chi connectivity index (χ0v) is 12.9. The summed E-state index contributed by atoms with van der Waals surface area (Å²) in [5.74, 6) is 6.71. The summed E-state index contributed by atoms with van der Waals surface area (Å²) in [6, 6.07) is 5.94. The van der Waals surface area contributed by atoms with Gasteiger partial charge in [0.2, 0.25) is 0 Å². The number of fused-ring (bicyclic) bond motifs is 1. The average Bonchev–Trinajstić information content (AvgIpc) is 3.02. The summed E-state index contributed by atoms with van der Waals surface area (Å²) in [5.41, 5.74) is 7.14. The molecule has 0 amide bonds. The lowest BCUT2D eigenvalue weighted by molar-refractivity contribution is 0.351. The van der Waals surface area contributed by atoms with Crippen LogP contribution >= 0.6 is 11.6 Å². The summed E-state index contributed by atoms with van der Waals surface area (Å²) in [4.78, 5) is 0. The van der Waals surface area contributed by atoms with E-state index in [0.29, 0.717) is 13.0 Å². The topological polar surface area (TPSA) is 65.1 Å². The minimum Gasteiger partial charge on any atom is -0.493 e. The highest BCUT2D eigenvalue weighted by Crippen LogP contribution is 2.35. The molecule has 1 aromatic carbocycles. The highest BCUT2D eigenvalue weighted by molar-refractivity contribution is 6.30. The van der Waals surface area contributed by atoms with Crippen molar-refractivity contribution >= 4 is 11.6 Å². The van der Waals surface area contributed by atoms with E-state index in [0.717, 1.165) is 34.1 Å². The van der Waals surface area contributed by atoms with E-state index in [-0.39, 0.29) is 6.04 Å². The summed E-state index contributed by atoms with van der Waals surface area (Å²) in [7, 11) is 1.92. The van der Waals surface area contributed by atoms with Crippen LogP contribution in [0.4, 0.5) is 0 Å². The van der Waals surface area contributed by atoms with Gasteiger partial charge >= 0.3 is 0 Å². The molecular formula is C15H19ClN4O. The molecule has 1 aliphatic heterocycles. The molecule has 1 aliphatic rings. The van der Waals surface area contributed by atoms with Gasteiger partial charge in [0.15, 0.2) is 0 Å². The van der Waals surface area contributed by atoms with Crippen LogP contribution in [0.25, 0.3) is 0 Å². The summed E-state index contributed by atoms with van der Waals surface area (Å²) in [6.07, 6.45) is 1.62. The van der Waals surface area contributed by atoms with Crippen LogP contribution < -0.4 is 16.0 Å². The smallest absolute Gasteiger partial charge is 0.125 e. The lowest BCUT2D eigenvalue weighted by atomic mass is 10.00. The fourth-order valence-corrected chi connectivity index (χ4v) is 3.19. The number of ether oxygens (including phenoxy) is 1. The Balaban J connectivity index is 1.93. The van der Waals surface area contributed by atoms with Crippen molar-refractivity contribution in [2.75, 3.05) is 6.61 Å². The highest BCUT2D eigenvalue weighted by Gasteiger charge is 2.22. The standard InChI is InChI=1S/C15H19ClN4O/c1-9-5-14(20(2)19-9)13(18-17)8-11-7-12(16)6-10-3-4-21-15(10)11/h5-7,13,18H,3-4,8,17H2,1-2H3. The number of nitrogens with zero attached hydrogens (tertiary/aromatic N) is 2. The highest BCUT2D eigenvalue weighted by atomic mass is 35.5. The van der Waals surface area contributed by atoms with Gasteiger partial charge in [0.05, 0.1) is 24.0 Å². The number of aryl methyl sites for hydroxylation is 2. The molecule has 6 heteroatoms. The third-order valence-electron chi connectivity index (χ3n) is 3.85. The van der Waals surface area contributed by atoms with Crippen molar-refractivity contribution in [2.45, 2.75) is 25.8 Å². The zero-order chi connectivity index (χ0) is 15.0. The number of aromatic nitrogens is 2. The maximum Gasteiger partial charge on any atom is 0.125 e. The van der Waals surface area contributed by atoms with Crippen molar-refractivity contribution in [3.05, 3.63) is 45.7 Å². The average molecular weight is 307 g/mol. The van der Waals surface area contributed by atoms with Crippen LogP contribution in [0.3, 0.4) is 0 Å². The molecule has 1 aromatic heterocycles. The molecule has 0 bridgehead atoms. The van der Waals surface area contributed by atoms with Crippen molar-refractivity contribution in [1.29, 1.82) is 0 Å². The number of benzene rings is 1. The lowest BCUT2D eigenvalue weighted by Crippen LogP contribution is -2.31. The molecular weight excluding hydrogens is 288 g/mol. The monoisotopic (exact) mass is 306 g/mol. The van der Waals surface area contributed by atoms with Crippen molar-refractivity contribution in [3.8, 4) is 5.75 Å². The first-order chi connectivity index (χ1) is 10.1. The van der Waals surface area contributed by atoms with Crippen LogP contribution in [0.15, 0.2) is 18.2 Å². The Bertz CT molecular complexity index is 668. The fraction of sp³-hybridized carbons (Fsp3) is 0.400. The predicted molar refractivity (Wildman–Crippen MR) is 82.4 cm³/mol. The molecule has 21 heavy (non-hydrogen) atoms. The Kier molecular flexibility index (Phi) is 3.89. The molecule has 1 unspecified atom stereocenters. The number of nitrogens with one attached hydrogen (secondary N) is 1. The van der Waals surface area contributed by atoms with Crippen LogP contribution in [-0.4, -0.2) is 16.4 Å². The Labute approximate surface area is 129 Å². The van der Waals surface area contributed by atoms with Crippen molar-refractivity contribution in [1.82, 2.24) is 15.2 Å². The van der Waals surface area contributed by atoms with E-state index in [1.165, 1.54) is 5.56 Å². The summed E-state index contributed by atoms with van der Waals surface area (Å²) < 4.78 is 7.60. The van der Waals surface area contributed by atoms with Gasteiger partial charge in [-0.2, -0.15) is 5.10 Å². The zero-order valence-electron chi connectivity index (χ0n) is 12.2. The van der Waals surface area contributed by atoms with Gasteiger partial charge in [-0.15, -0.1) is 0 Å². The second-order valence-electron chi connectivity index (χ2n) is 5.41. The quantitative estimate of drug-likeness (QED) is 0.670. The van der Waals surface area contributed by atoms with E-state index in [9.17, 15) is 0 Å². The fourth-order valence-electron chi connectivity index (χ4n) is 2.92.